The molecule has 1 unspecified atom stereocenters. The SMILES string of the molecule is CC=Nc1cc(CC)ccc1CCC.CCCc1ccc(C(C)=O)cc1C(C)CC.CCc1cccc(OC(F)(F)F)c1. The number of rotatable bonds is 11. The van der Waals surface area contributed by atoms with Gasteiger partial charge in [-0.3, -0.25) is 9.79 Å². The molecule has 0 aliphatic carbocycles. The largest absolute Gasteiger partial charge is 0.573 e. The van der Waals surface area contributed by atoms with Crippen molar-refractivity contribution in [3.8, 4) is 5.75 Å². The summed E-state index contributed by atoms with van der Waals surface area (Å²) in [7, 11) is 0. The fraction of sp³-hybridized carbons (Fsp3) is 0.459. The summed E-state index contributed by atoms with van der Waals surface area (Å²) in [5.74, 6) is 0.542. The number of ether oxygens (including phenoxy) is 1. The summed E-state index contributed by atoms with van der Waals surface area (Å²) < 4.78 is 39.0. The Morgan fingerprint density at radius 1 is 0.860 bits per heavy atom. The van der Waals surface area contributed by atoms with Gasteiger partial charge >= 0.3 is 6.36 Å². The average molecular weight is 598 g/mol. The molecule has 0 N–H and O–H groups in total. The van der Waals surface area contributed by atoms with E-state index in [4.69, 9.17) is 0 Å². The predicted octanol–water partition coefficient (Wildman–Crippen LogP) is 11.4. The van der Waals surface area contributed by atoms with Gasteiger partial charge in [-0.2, -0.15) is 0 Å². The van der Waals surface area contributed by atoms with Crippen LogP contribution in [-0.2, 0) is 25.7 Å². The van der Waals surface area contributed by atoms with Gasteiger partial charge in [0, 0.05) is 11.8 Å². The third-order valence-electron chi connectivity index (χ3n) is 7.10. The van der Waals surface area contributed by atoms with E-state index in [1.165, 1.54) is 40.8 Å². The van der Waals surface area contributed by atoms with Crippen LogP contribution in [0.3, 0.4) is 0 Å². The van der Waals surface area contributed by atoms with E-state index in [9.17, 15) is 18.0 Å². The van der Waals surface area contributed by atoms with Gasteiger partial charge in [0.1, 0.15) is 5.75 Å². The molecule has 1 atom stereocenters. The zero-order chi connectivity index (χ0) is 32.4. The summed E-state index contributed by atoms with van der Waals surface area (Å²) in [4.78, 5) is 15.8. The number of aryl methyl sites for hydroxylation is 4. The minimum atomic E-state index is -4.60. The summed E-state index contributed by atoms with van der Waals surface area (Å²) >= 11 is 0. The number of carbonyl (C=O) groups excluding carboxylic acids is 1. The van der Waals surface area contributed by atoms with Gasteiger partial charge in [0.15, 0.2) is 5.78 Å². The topological polar surface area (TPSA) is 38.7 Å². The van der Waals surface area contributed by atoms with Crippen LogP contribution >= 0.6 is 0 Å². The van der Waals surface area contributed by atoms with E-state index in [2.05, 4.69) is 74.7 Å². The molecule has 236 valence electrons. The molecule has 0 amide bonds. The Balaban J connectivity index is 0.000000324. The van der Waals surface area contributed by atoms with Crippen molar-refractivity contribution in [3.05, 3.63) is 94.0 Å². The predicted molar refractivity (Wildman–Crippen MR) is 175 cm³/mol. The van der Waals surface area contributed by atoms with Crippen LogP contribution in [-0.4, -0.2) is 18.4 Å². The maximum Gasteiger partial charge on any atom is 0.573 e. The van der Waals surface area contributed by atoms with Crippen LogP contribution in [0.1, 0.15) is 119 Å². The van der Waals surface area contributed by atoms with Crippen molar-refractivity contribution < 1.29 is 22.7 Å². The standard InChI is InChI=1S/C15H22O.C13H19N.C9H9F3O/c1-5-7-13-8-9-14(12(4)16)10-15(13)11(3)6-2;1-4-7-12-9-8-11(5-2)10-13(12)14-6-3;1-2-7-4-3-5-8(6-7)13-9(10,11)12/h8-11H,5-7H2,1-4H3;6,8-10H,4-5,7H2,1-3H3;3-6H,2H2,1H3. The third kappa shape index (κ3) is 14.1. The van der Waals surface area contributed by atoms with Gasteiger partial charge in [-0.15, -0.1) is 13.2 Å². The Bertz CT molecular complexity index is 1280. The number of alkyl halides is 3. The zero-order valence-corrected chi connectivity index (χ0v) is 27.3. The molecule has 0 saturated carbocycles. The van der Waals surface area contributed by atoms with E-state index < -0.39 is 6.36 Å². The van der Waals surface area contributed by atoms with Gasteiger partial charge in [-0.05, 0) is 104 Å². The summed E-state index contributed by atoms with van der Waals surface area (Å²) in [6.07, 6.45) is 4.72. The molecule has 0 saturated heterocycles. The number of carbonyl (C=O) groups is 1. The first-order valence-electron chi connectivity index (χ1n) is 15.5. The first kappa shape index (κ1) is 37.6. The molecule has 0 radical (unpaired) electrons. The van der Waals surface area contributed by atoms with Crippen molar-refractivity contribution in [1.29, 1.82) is 0 Å². The molecule has 3 rings (SSSR count). The van der Waals surface area contributed by atoms with Gasteiger partial charge in [-0.25, -0.2) is 0 Å². The molecular weight excluding hydrogens is 547 g/mol. The molecule has 0 heterocycles. The number of halogens is 3. The normalized spacial score (nSPS) is 11.7. The molecule has 0 aliphatic rings. The number of nitrogens with zero attached hydrogens (tertiary/aromatic N) is 1. The molecular formula is C37H50F3NO2. The maximum absolute atomic E-state index is 11.8. The van der Waals surface area contributed by atoms with Crippen LogP contribution < -0.4 is 4.74 Å². The minimum Gasteiger partial charge on any atom is -0.406 e. The third-order valence-corrected chi connectivity index (χ3v) is 7.10. The van der Waals surface area contributed by atoms with Crippen molar-refractivity contribution in [2.24, 2.45) is 4.99 Å². The van der Waals surface area contributed by atoms with Crippen LogP contribution in [0.4, 0.5) is 18.9 Å². The highest BCUT2D eigenvalue weighted by Gasteiger charge is 2.31. The number of Topliss-reactive ketones (excluding diaryl/α,β-unsaturated/α-hetero) is 1. The lowest BCUT2D eigenvalue weighted by molar-refractivity contribution is -0.274. The fourth-order valence-corrected chi connectivity index (χ4v) is 4.52. The Hall–Kier alpha value is -3.41. The van der Waals surface area contributed by atoms with Crippen molar-refractivity contribution in [3.63, 3.8) is 0 Å². The van der Waals surface area contributed by atoms with Crippen molar-refractivity contribution >= 4 is 17.7 Å². The van der Waals surface area contributed by atoms with E-state index in [1.807, 2.05) is 26.1 Å². The van der Waals surface area contributed by atoms with E-state index in [1.54, 1.807) is 19.1 Å². The molecule has 0 aliphatic heterocycles. The van der Waals surface area contributed by atoms with Crippen LogP contribution in [0.15, 0.2) is 65.7 Å². The molecule has 3 aromatic rings. The molecule has 3 aromatic carbocycles. The highest BCUT2D eigenvalue weighted by atomic mass is 19.4. The first-order chi connectivity index (χ1) is 20.4. The first-order valence-corrected chi connectivity index (χ1v) is 15.5. The lowest BCUT2D eigenvalue weighted by Gasteiger charge is -2.15. The van der Waals surface area contributed by atoms with Gasteiger partial charge in [0.2, 0.25) is 0 Å². The molecule has 0 fully saturated rings. The Labute approximate surface area is 257 Å². The van der Waals surface area contributed by atoms with Crippen molar-refractivity contribution in [2.45, 2.75) is 113 Å². The van der Waals surface area contributed by atoms with E-state index >= 15 is 0 Å². The lowest BCUT2D eigenvalue weighted by atomic mass is 9.89. The molecule has 6 heteroatoms. The van der Waals surface area contributed by atoms with Crippen LogP contribution in [0.25, 0.3) is 0 Å². The second kappa shape index (κ2) is 19.7. The highest BCUT2D eigenvalue weighted by Crippen LogP contribution is 2.26. The monoisotopic (exact) mass is 597 g/mol. The quantitative estimate of drug-likeness (QED) is 0.163. The number of hydrogen-bond acceptors (Lipinski definition) is 3. The van der Waals surface area contributed by atoms with Crippen molar-refractivity contribution in [2.75, 3.05) is 0 Å². The van der Waals surface area contributed by atoms with E-state index in [-0.39, 0.29) is 11.5 Å². The summed E-state index contributed by atoms with van der Waals surface area (Å²) in [6.45, 7) is 16.5. The second-order valence-corrected chi connectivity index (χ2v) is 10.5. The van der Waals surface area contributed by atoms with Gasteiger partial charge in [-0.1, -0.05) is 90.8 Å². The summed E-state index contributed by atoms with van der Waals surface area (Å²) in [5.41, 5.74) is 8.30. The minimum absolute atomic E-state index is 0.160. The highest BCUT2D eigenvalue weighted by molar-refractivity contribution is 5.94. The van der Waals surface area contributed by atoms with Crippen LogP contribution in [0.5, 0.6) is 5.75 Å². The van der Waals surface area contributed by atoms with Crippen molar-refractivity contribution in [1.82, 2.24) is 0 Å². The molecule has 0 spiro atoms. The Morgan fingerprint density at radius 3 is 2.00 bits per heavy atom. The smallest absolute Gasteiger partial charge is 0.406 e. The molecule has 3 nitrogen and oxygen atoms in total. The number of aliphatic imine (C=N–C) groups is 1. The summed E-state index contributed by atoms with van der Waals surface area (Å²) in [6, 6.07) is 18.8. The van der Waals surface area contributed by atoms with Gasteiger partial charge in [0.05, 0.1) is 5.69 Å². The zero-order valence-electron chi connectivity index (χ0n) is 27.3. The van der Waals surface area contributed by atoms with Gasteiger partial charge < -0.3 is 4.74 Å². The molecule has 0 aromatic heterocycles. The Morgan fingerprint density at radius 2 is 1.47 bits per heavy atom. The van der Waals surface area contributed by atoms with Crippen LogP contribution in [0, 0.1) is 0 Å². The lowest BCUT2D eigenvalue weighted by Crippen LogP contribution is -2.17. The molecule has 43 heavy (non-hydrogen) atoms. The average Bonchev–Trinajstić information content (AvgIpc) is 2.98. The second-order valence-electron chi connectivity index (χ2n) is 10.5. The number of hydrogen-bond donors (Lipinski definition) is 0. The van der Waals surface area contributed by atoms with E-state index in [0.717, 1.165) is 48.9 Å². The Kier molecular flexibility index (Phi) is 17.2. The summed E-state index contributed by atoms with van der Waals surface area (Å²) in [5, 5.41) is 0. The maximum atomic E-state index is 11.8. The van der Waals surface area contributed by atoms with Crippen LogP contribution in [0.2, 0.25) is 0 Å². The number of benzene rings is 3. The molecule has 0 bridgehead atoms. The van der Waals surface area contributed by atoms with Gasteiger partial charge in [0.25, 0.3) is 0 Å². The number of ketones is 1. The fourth-order valence-electron chi connectivity index (χ4n) is 4.52. The van der Waals surface area contributed by atoms with E-state index in [0.29, 0.717) is 12.3 Å².